The summed E-state index contributed by atoms with van der Waals surface area (Å²) in [5, 5.41) is 19.6. The minimum absolute atomic E-state index is 0.0872. The predicted octanol–water partition coefficient (Wildman–Crippen LogP) is 2.63. The molecule has 0 aliphatic carbocycles. The summed E-state index contributed by atoms with van der Waals surface area (Å²) >= 11 is 0. The molecular weight excluding hydrogens is 429 g/mol. The molecule has 0 radical (unpaired) electrons. The number of nitrogens with zero attached hydrogens (tertiary/aromatic N) is 2. The molecule has 8 nitrogen and oxygen atoms in total. The summed E-state index contributed by atoms with van der Waals surface area (Å²) in [5.74, 6) is -0.975. The molecule has 0 saturated heterocycles. The third kappa shape index (κ3) is 5.51. The zero-order valence-corrected chi connectivity index (χ0v) is 18.1. The van der Waals surface area contributed by atoms with Crippen LogP contribution in [0.2, 0.25) is 0 Å². The van der Waals surface area contributed by atoms with Crippen LogP contribution in [0.25, 0.3) is 11.3 Å². The zero-order chi connectivity index (χ0) is 24.2. The van der Waals surface area contributed by atoms with E-state index in [1.165, 1.54) is 37.3 Å². The molecule has 0 bridgehead atoms. The van der Waals surface area contributed by atoms with Crippen molar-refractivity contribution >= 4 is 17.6 Å². The Kier molecular flexibility index (Phi) is 7.05. The normalized spacial score (nSPS) is 13.6. The van der Waals surface area contributed by atoms with Crippen molar-refractivity contribution in [3.05, 3.63) is 72.5 Å². The van der Waals surface area contributed by atoms with E-state index in [-0.39, 0.29) is 11.6 Å². The maximum atomic E-state index is 13.0. The Labute approximate surface area is 190 Å². The van der Waals surface area contributed by atoms with E-state index >= 15 is 0 Å². The number of ether oxygens (including phenoxy) is 1. The number of rotatable bonds is 8. The molecule has 1 unspecified atom stereocenters. The van der Waals surface area contributed by atoms with Crippen molar-refractivity contribution < 1.29 is 28.9 Å². The van der Waals surface area contributed by atoms with Gasteiger partial charge >= 0.3 is 0 Å². The van der Waals surface area contributed by atoms with Crippen LogP contribution in [0.4, 0.5) is 10.2 Å². The number of anilines is 1. The molecular formula is C24H24FN3O5. The Bertz CT molecular complexity index is 1130. The van der Waals surface area contributed by atoms with Gasteiger partial charge in [0.15, 0.2) is 5.60 Å². The number of aliphatic hydroxyl groups excluding tert-OH is 1. The highest BCUT2D eigenvalue weighted by Crippen LogP contribution is 2.27. The second kappa shape index (κ2) is 9.76. The summed E-state index contributed by atoms with van der Waals surface area (Å²) in [4.78, 5) is 30.1. The SMILES string of the molecule is CC(C(N)=O)N(C(=O)[C@@](C)(O)CO)c1cccc(-c2ccc(Oc3ccc(F)cc3)cc2)n1. The van der Waals surface area contributed by atoms with Gasteiger partial charge in [-0.2, -0.15) is 0 Å². The molecule has 2 atom stereocenters. The number of nitrogens with two attached hydrogens (primary N) is 1. The van der Waals surface area contributed by atoms with Crippen molar-refractivity contribution in [3.8, 4) is 22.8 Å². The number of amides is 2. The molecule has 1 heterocycles. The molecule has 9 heteroatoms. The van der Waals surface area contributed by atoms with Crippen molar-refractivity contribution in [2.75, 3.05) is 11.5 Å². The molecule has 33 heavy (non-hydrogen) atoms. The van der Waals surface area contributed by atoms with Crippen LogP contribution in [0.3, 0.4) is 0 Å². The first kappa shape index (κ1) is 23.8. The minimum Gasteiger partial charge on any atom is -0.457 e. The van der Waals surface area contributed by atoms with Gasteiger partial charge in [-0.1, -0.05) is 6.07 Å². The Balaban J connectivity index is 1.90. The monoisotopic (exact) mass is 453 g/mol. The van der Waals surface area contributed by atoms with Gasteiger partial charge in [0, 0.05) is 5.56 Å². The van der Waals surface area contributed by atoms with Crippen LogP contribution in [0.15, 0.2) is 66.7 Å². The number of hydrogen-bond acceptors (Lipinski definition) is 6. The summed E-state index contributed by atoms with van der Waals surface area (Å²) in [6, 6.07) is 16.3. The standard InChI is InChI=1S/C24H24FN3O5/c1-15(22(26)30)28(23(31)24(2,32)14-29)21-5-3-4-20(27-21)16-6-10-18(11-7-16)33-19-12-8-17(25)9-13-19/h3-13,15,29,32H,14H2,1-2H3,(H2,26,30)/t15?,24-/m0/s1. The smallest absolute Gasteiger partial charge is 0.262 e. The maximum absolute atomic E-state index is 13.0. The minimum atomic E-state index is -2.12. The Hall–Kier alpha value is -3.82. The van der Waals surface area contributed by atoms with Gasteiger partial charge in [0.25, 0.3) is 5.91 Å². The van der Waals surface area contributed by atoms with Crippen LogP contribution >= 0.6 is 0 Å². The van der Waals surface area contributed by atoms with Crippen LogP contribution < -0.4 is 15.4 Å². The number of aromatic nitrogens is 1. The molecule has 0 saturated carbocycles. The third-order valence-corrected chi connectivity index (χ3v) is 4.97. The zero-order valence-electron chi connectivity index (χ0n) is 18.1. The number of primary amides is 1. The lowest BCUT2D eigenvalue weighted by molar-refractivity contribution is -0.140. The lowest BCUT2D eigenvalue weighted by Gasteiger charge is -2.32. The fraction of sp³-hybridized carbons (Fsp3) is 0.208. The molecule has 1 aromatic heterocycles. The van der Waals surface area contributed by atoms with Gasteiger partial charge in [0.05, 0.1) is 12.3 Å². The highest BCUT2D eigenvalue weighted by Gasteiger charge is 2.39. The topological polar surface area (TPSA) is 126 Å². The van der Waals surface area contributed by atoms with E-state index < -0.39 is 30.1 Å². The van der Waals surface area contributed by atoms with E-state index in [9.17, 15) is 24.2 Å². The predicted molar refractivity (Wildman–Crippen MR) is 120 cm³/mol. The quantitative estimate of drug-likeness (QED) is 0.481. The number of halogens is 1. The number of pyridine rings is 1. The molecule has 4 N–H and O–H groups in total. The molecule has 3 aromatic rings. The molecule has 2 amide bonds. The van der Waals surface area contributed by atoms with E-state index in [4.69, 9.17) is 10.5 Å². The molecule has 0 aliphatic rings. The largest absolute Gasteiger partial charge is 0.457 e. The van der Waals surface area contributed by atoms with E-state index in [1.54, 1.807) is 36.4 Å². The first-order valence-electron chi connectivity index (χ1n) is 10.1. The summed E-state index contributed by atoms with van der Waals surface area (Å²) < 4.78 is 18.7. The first-order chi connectivity index (χ1) is 15.6. The van der Waals surface area contributed by atoms with Crippen molar-refractivity contribution in [2.24, 2.45) is 5.73 Å². The van der Waals surface area contributed by atoms with Gasteiger partial charge in [0.2, 0.25) is 5.91 Å². The Morgan fingerprint density at radius 2 is 1.67 bits per heavy atom. The van der Waals surface area contributed by atoms with Crippen LogP contribution in [0, 0.1) is 5.82 Å². The molecule has 0 fully saturated rings. The van der Waals surface area contributed by atoms with Gasteiger partial charge in [0.1, 0.15) is 29.2 Å². The summed E-state index contributed by atoms with van der Waals surface area (Å²) in [5.41, 5.74) is 4.45. The fourth-order valence-electron chi connectivity index (χ4n) is 2.98. The van der Waals surface area contributed by atoms with Crippen LogP contribution in [0.5, 0.6) is 11.5 Å². The van der Waals surface area contributed by atoms with Gasteiger partial charge in [-0.05, 0) is 74.5 Å². The summed E-state index contributed by atoms with van der Waals surface area (Å²) in [6.45, 7) is 1.70. The van der Waals surface area contributed by atoms with Crippen LogP contribution in [0.1, 0.15) is 13.8 Å². The highest BCUT2D eigenvalue weighted by atomic mass is 19.1. The molecule has 0 aliphatic heterocycles. The van der Waals surface area contributed by atoms with Gasteiger partial charge < -0.3 is 20.7 Å². The van der Waals surface area contributed by atoms with Gasteiger partial charge in [-0.15, -0.1) is 0 Å². The molecule has 172 valence electrons. The van der Waals surface area contributed by atoms with Crippen molar-refractivity contribution in [3.63, 3.8) is 0 Å². The summed E-state index contributed by atoms with van der Waals surface area (Å²) in [6.07, 6.45) is 0. The average molecular weight is 453 g/mol. The Morgan fingerprint density at radius 1 is 1.09 bits per heavy atom. The van der Waals surface area contributed by atoms with E-state index in [0.29, 0.717) is 22.8 Å². The molecule has 3 rings (SSSR count). The van der Waals surface area contributed by atoms with E-state index in [1.807, 2.05) is 0 Å². The third-order valence-electron chi connectivity index (χ3n) is 4.97. The lowest BCUT2D eigenvalue weighted by Crippen LogP contribution is -2.56. The molecule has 0 spiro atoms. The van der Waals surface area contributed by atoms with Gasteiger partial charge in [-0.25, -0.2) is 9.37 Å². The number of benzene rings is 2. The average Bonchev–Trinajstić information content (AvgIpc) is 2.81. The molecule has 2 aromatic carbocycles. The number of aliphatic hydroxyl groups is 2. The van der Waals surface area contributed by atoms with E-state index in [0.717, 1.165) is 11.8 Å². The second-order valence-electron chi connectivity index (χ2n) is 7.65. The fourth-order valence-corrected chi connectivity index (χ4v) is 2.98. The van der Waals surface area contributed by atoms with Crippen LogP contribution in [-0.2, 0) is 9.59 Å². The second-order valence-corrected chi connectivity index (χ2v) is 7.65. The van der Waals surface area contributed by atoms with Crippen molar-refractivity contribution in [2.45, 2.75) is 25.5 Å². The Morgan fingerprint density at radius 3 is 2.21 bits per heavy atom. The first-order valence-corrected chi connectivity index (χ1v) is 10.1. The van der Waals surface area contributed by atoms with Crippen LogP contribution in [-0.4, -0.2) is 45.3 Å². The lowest BCUT2D eigenvalue weighted by atomic mass is 10.0. The summed E-state index contributed by atoms with van der Waals surface area (Å²) in [7, 11) is 0. The highest BCUT2D eigenvalue weighted by molar-refractivity contribution is 6.03. The van der Waals surface area contributed by atoms with Gasteiger partial charge in [-0.3, -0.25) is 14.5 Å². The number of hydrogen-bond donors (Lipinski definition) is 3. The maximum Gasteiger partial charge on any atom is 0.262 e. The van der Waals surface area contributed by atoms with E-state index in [2.05, 4.69) is 4.98 Å². The van der Waals surface area contributed by atoms with Crippen molar-refractivity contribution in [1.29, 1.82) is 0 Å². The number of carbonyl (C=O) groups is 2. The van der Waals surface area contributed by atoms with Crippen molar-refractivity contribution in [1.82, 2.24) is 4.98 Å². The number of carbonyl (C=O) groups excluding carboxylic acids is 2.